The number of aliphatic hydroxyl groups is 1. The summed E-state index contributed by atoms with van der Waals surface area (Å²) in [6, 6.07) is 7.41. The van der Waals surface area contributed by atoms with E-state index in [2.05, 4.69) is 5.32 Å². The molecule has 2 N–H and O–H groups in total. The topological polar surface area (TPSA) is 58.6 Å². The summed E-state index contributed by atoms with van der Waals surface area (Å²) in [5.41, 5.74) is 0.282. The number of carbonyl (C=O) groups is 1. The molecule has 0 unspecified atom stereocenters. The van der Waals surface area contributed by atoms with Gasteiger partial charge >= 0.3 is 0 Å². The molecule has 0 saturated heterocycles. The number of hydrogen-bond acceptors (Lipinski definition) is 3. The van der Waals surface area contributed by atoms with Crippen LogP contribution < -0.4 is 10.1 Å². The Hall–Kier alpha value is -1.55. The Kier molecular flexibility index (Phi) is 3.87. The van der Waals surface area contributed by atoms with E-state index in [4.69, 9.17) is 4.74 Å². The minimum Gasteiger partial charge on any atom is -0.497 e. The van der Waals surface area contributed by atoms with Gasteiger partial charge in [0.05, 0.1) is 19.1 Å². The van der Waals surface area contributed by atoms with E-state index in [1.54, 1.807) is 7.11 Å². The van der Waals surface area contributed by atoms with Crippen LogP contribution in [0.4, 0.5) is 0 Å². The molecule has 0 bridgehead atoms. The van der Waals surface area contributed by atoms with Gasteiger partial charge in [0.2, 0.25) is 5.91 Å². The summed E-state index contributed by atoms with van der Waals surface area (Å²) < 4.78 is 5.05. The molecule has 1 aromatic rings. The standard InChI is InChI=1S/C14H19NO3/c1-18-12-5-3-11(4-6-12)9-13(16)15-10-14(17)7-2-8-14/h3-6,17H,2,7-10H2,1H3,(H,15,16). The number of ether oxygens (including phenoxy) is 1. The van der Waals surface area contributed by atoms with Gasteiger partial charge < -0.3 is 15.2 Å². The SMILES string of the molecule is COc1ccc(CC(=O)NCC2(O)CCC2)cc1. The Morgan fingerprint density at radius 1 is 1.39 bits per heavy atom. The largest absolute Gasteiger partial charge is 0.497 e. The average molecular weight is 249 g/mol. The van der Waals surface area contributed by atoms with Crippen LogP contribution in [0.15, 0.2) is 24.3 Å². The van der Waals surface area contributed by atoms with Crippen molar-refractivity contribution in [3.05, 3.63) is 29.8 Å². The normalized spacial score (nSPS) is 16.8. The van der Waals surface area contributed by atoms with E-state index in [1.807, 2.05) is 24.3 Å². The number of amides is 1. The summed E-state index contributed by atoms with van der Waals surface area (Å²) in [4.78, 5) is 11.7. The maximum Gasteiger partial charge on any atom is 0.224 e. The number of nitrogens with one attached hydrogen (secondary N) is 1. The lowest BCUT2D eigenvalue weighted by molar-refractivity contribution is -0.122. The lowest BCUT2D eigenvalue weighted by Crippen LogP contribution is -2.48. The Labute approximate surface area is 107 Å². The average Bonchev–Trinajstić information content (AvgIpc) is 2.35. The highest BCUT2D eigenvalue weighted by molar-refractivity contribution is 5.78. The fourth-order valence-corrected chi connectivity index (χ4v) is 2.02. The van der Waals surface area contributed by atoms with Gasteiger partial charge in [-0.2, -0.15) is 0 Å². The molecule has 1 aromatic carbocycles. The molecule has 0 atom stereocenters. The summed E-state index contributed by atoms with van der Waals surface area (Å²) in [6.07, 6.45) is 2.95. The Morgan fingerprint density at radius 3 is 2.56 bits per heavy atom. The van der Waals surface area contributed by atoms with Crippen molar-refractivity contribution in [1.29, 1.82) is 0 Å². The summed E-state index contributed by atoms with van der Waals surface area (Å²) >= 11 is 0. The third kappa shape index (κ3) is 3.23. The molecule has 0 spiro atoms. The summed E-state index contributed by atoms with van der Waals surface area (Å²) in [5.74, 6) is 0.725. The molecule has 0 radical (unpaired) electrons. The van der Waals surface area contributed by atoms with Gasteiger partial charge in [0, 0.05) is 6.54 Å². The van der Waals surface area contributed by atoms with Crippen molar-refractivity contribution < 1.29 is 14.6 Å². The second-order valence-corrected chi connectivity index (χ2v) is 4.88. The fraction of sp³-hybridized carbons (Fsp3) is 0.500. The summed E-state index contributed by atoms with van der Waals surface area (Å²) in [5, 5.41) is 12.6. The van der Waals surface area contributed by atoms with Crippen molar-refractivity contribution in [2.24, 2.45) is 0 Å². The molecular weight excluding hydrogens is 230 g/mol. The van der Waals surface area contributed by atoms with Crippen LogP contribution in [0.5, 0.6) is 5.75 Å². The van der Waals surface area contributed by atoms with E-state index in [-0.39, 0.29) is 5.91 Å². The highest BCUT2D eigenvalue weighted by Gasteiger charge is 2.34. The second kappa shape index (κ2) is 5.40. The monoisotopic (exact) mass is 249 g/mol. The first kappa shape index (κ1) is 12.9. The Morgan fingerprint density at radius 2 is 2.06 bits per heavy atom. The van der Waals surface area contributed by atoms with Crippen LogP contribution in [0, 0.1) is 0 Å². The second-order valence-electron chi connectivity index (χ2n) is 4.88. The fourth-order valence-electron chi connectivity index (χ4n) is 2.02. The van der Waals surface area contributed by atoms with Gasteiger partial charge in [-0.05, 0) is 37.0 Å². The van der Waals surface area contributed by atoms with Crippen LogP contribution in [0.2, 0.25) is 0 Å². The van der Waals surface area contributed by atoms with Crippen molar-refractivity contribution in [2.75, 3.05) is 13.7 Å². The predicted octanol–water partition coefficient (Wildman–Crippen LogP) is 1.27. The number of rotatable bonds is 5. The number of hydrogen-bond donors (Lipinski definition) is 2. The first-order valence-corrected chi connectivity index (χ1v) is 6.23. The lowest BCUT2D eigenvalue weighted by Gasteiger charge is -2.36. The van der Waals surface area contributed by atoms with Crippen molar-refractivity contribution in [1.82, 2.24) is 5.32 Å². The molecule has 4 heteroatoms. The Bertz CT molecular complexity index is 410. The zero-order valence-corrected chi connectivity index (χ0v) is 10.6. The van der Waals surface area contributed by atoms with Crippen LogP contribution in [-0.2, 0) is 11.2 Å². The van der Waals surface area contributed by atoms with Crippen molar-refractivity contribution >= 4 is 5.91 Å². The van der Waals surface area contributed by atoms with Gasteiger partial charge in [0.25, 0.3) is 0 Å². The van der Waals surface area contributed by atoms with E-state index in [9.17, 15) is 9.90 Å². The van der Waals surface area contributed by atoms with E-state index >= 15 is 0 Å². The molecule has 0 heterocycles. The third-order valence-electron chi connectivity index (χ3n) is 3.42. The van der Waals surface area contributed by atoms with Crippen LogP contribution in [0.1, 0.15) is 24.8 Å². The minimum atomic E-state index is -0.657. The van der Waals surface area contributed by atoms with Crippen LogP contribution >= 0.6 is 0 Å². The molecule has 4 nitrogen and oxygen atoms in total. The van der Waals surface area contributed by atoms with Crippen molar-refractivity contribution in [3.8, 4) is 5.75 Å². The first-order chi connectivity index (χ1) is 8.61. The molecule has 1 fully saturated rings. The van der Waals surface area contributed by atoms with Crippen LogP contribution in [-0.4, -0.2) is 30.3 Å². The van der Waals surface area contributed by atoms with E-state index < -0.39 is 5.60 Å². The highest BCUT2D eigenvalue weighted by atomic mass is 16.5. The summed E-state index contributed by atoms with van der Waals surface area (Å²) in [7, 11) is 1.61. The zero-order valence-electron chi connectivity index (χ0n) is 10.6. The molecule has 18 heavy (non-hydrogen) atoms. The third-order valence-corrected chi connectivity index (χ3v) is 3.42. The lowest BCUT2D eigenvalue weighted by atomic mass is 9.80. The zero-order chi connectivity index (χ0) is 13.0. The van der Waals surface area contributed by atoms with E-state index in [1.165, 1.54) is 0 Å². The van der Waals surface area contributed by atoms with E-state index in [0.29, 0.717) is 13.0 Å². The maximum atomic E-state index is 11.7. The number of methoxy groups -OCH3 is 1. The number of benzene rings is 1. The number of carbonyl (C=O) groups excluding carboxylic acids is 1. The summed E-state index contributed by atoms with van der Waals surface area (Å²) in [6.45, 7) is 0.363. The van der Waals surface area contributed by atoms with Gasteiger partial charge in [0.1, 0.15) is 5.75 Å². The molecule has 2 rings (SSSR count). The van der Waals surface area contributed by atoms with Gasteiger partial charge in [-0.1, -0.05) is 12.1 Å². The first-order valence-electron chi connectivity index (χ1n) is 6.23. The molecule has 0 aromatic heterocycles. The predicted molar refractivity (Wildman–Crippen MR) is 68.5 cm³/mol. The van der Waals surface area contributed by atoms with Crippen LogP contribution in [0.3, 0.4) is 0 Å². The molecule has 1 amide bonds. The molecule has 1 saturated carbocycles. The molecule has 98 valence electrons. The molecular formula is C14H19NO3. The van der Waals surface area contributed by atoms with Crippen molar-refractivity contribution in [3.63, 3.8) is 0 Å². The quantitative estimate of drug-likeness (QED) is 0.826. The van der Waals surface area contributed by atoms with Gasteiger partial charge in [-0.25, -0.2) is 0 Å². The van der Waals surface area contributed by atoms with Gasteiger partial charge in [-0.15, -0.1) is 0 Å². The molecule has 1 aliphatic carbocycles. The van der Waals surface area contributed by atoms with Crippen LogP contribution in [0.25, 0.3) is 0 Å². The maximum absolute atomic E-state index is 11.7. The molecule has 0 aliphatic heterocycles. The smallest absolute Gasteiger partial charge is 0.224 e. The van der Waals surface area contributed by atoms with Crippen molar-refractivity contribution in [2.45, 2.75) is 31.3 Å². The van der Waals surface area contributed by atoms with E-state index in [0.717, 1.165) is 30.6 Å². The Balaban J connectivity index is 1.79. The van der Waals surface area contributed by atoms with Gasteiger partial charge in [-0.3, -0.25) is 4.79 Å². The highest BCUT2D eigenvalue weighted by Crippen LogP contribution is 2.30. The minimum absolute atomic E-state index is 0.0551. The molecule has 1 aliphatic rings. The van der Waals surface area contributed by atoms with Gasteiger partial charge in [0.15, 0.2) is 0 Å².